The van der Waals surface area contributed by atoms with Crippen LogP contribution in [0.4, 0.5) is 5.69 Å². The third kappa shape index (κ3) is 2.99. The Kier molecular flexibility index (Phi) is 4.16. The number of hydrogen-bond acceptors (Lipinski definition) is 4. The Balaban J connectivity index is 1.82. The molecule has 0 aliphatic heterocycles. The van der Waals surface area contributed by atoms with Crippen molar-refractivity contribution in [1.29, 1.82) is 0 Å². The summed E-state index contributed by atoms with van der Waals surface area (Å²) in [6.45, 7) is 0. The first-order valence-corrected chi connectivity index (χ1v) is 7.60. The van der Waals surface area contributed by atoms with Crippen molar-refractivity contribution in [2.45, 2.75) is 0 Å². The maximum atomic E-state index is 12.4. The van der Waals surface area contributed by atoms with Crippen LogP contribution in [0.2, 0.25) is 0 Å². The molecule has 5 heteroatoms. The monoisotopic (exact) mass is 310 g/mol. The van der Waals surface area contributed by atoms with Crippen LogP contribution in [0.1, 0.15) is 10.5 Å². The number of hydrogen-bond donors (Lipinski definition) is 1. The van der Waals surface area contributed by atoms with Crippen molar-refractivity contribution in [3.63, 3.8) is 0 Å². The molecule has 0 radical (unpaired) electrons. The second kappa shape index (κ2) is 6.41. The highest BCUT2D eigenvalue weighted by atomic mass is 32.1. The van der Waals surface area contributed by atoms with E-state index in [0.29, 0.717) is 11.4 Å². The average molecular weight is 310 g/mol. The Hall–Kier alpha value is -2.66. The highest BCUT2D eigenvalue weighted by Crippen LogP contribution is 2.28. The number of carbonyl (C=O) groups excluding carboxylic acids is 1. The molecule has 1 aromatic heterocycles. The summed E-state index contributed by atoms with van der Waals surface area (Å²) in [6.07, 6.45) is 0. The second-order valence-corrected chi connectivity index (χ2v) is 5.43. The lowest BCUT2D eigenvalue weighted by Gasteiger charge is -2.06. The molecule has 0 aliphatic carbocycles. The molecule has 1 N–H and O–H groups in total. The van der Waals surface area contributed by atoms with E-state index in [1.165, 1.54) is 11.3 Å². The number of ether oxygens (including phenoxy) is 1. The maximum absolute atomic E-state index is 12.4. The standard InChI is InChI=1S/C17H14N2O2S/c1-21-14-9-7-13(8-10-14)19-17(20)15-16(22-11-18-15)12-5-3-2-4-6-12/h2-11H,1H3,(H,19,20). The molecule has 0 bridgehead atoms. The number of carbonyl (C=O) groups is 1. The summed E-state index contributed by atoms with van der Waals surface area (Å²) in [5.41, 5.74) is 3.82. The van der Waals surface area contributed by atoms with Gasteiger partial charge in [0.15, 0.2) is 0 Å². The van der Waals surface area contributed by atoms with E-state index in [4.69, 9.17) is 4.74 Å². The van der Waals surface area contributed by atoms with Gasteiger partial charge < -0.3 is 10.1 Å². The number of methoxy groups -OCH3 is 1. The Labute approximate surface area is 132 Å². The molecule has 1 heterocycles. The van der Waals surface area contributed by atoms with Crippen LogP contribution in [0.15, 0.2) is 60.1 Å². The van der Waals surface area contributed by atoms with Crippen LogP contribution in [0.5, 0.6) is 5.75 Å². The number of rotatable bonds is 4. The van der Waals surface area contributed by atoms with Crippen molar-refractivity contribution in [3.05, 3.63) is 65.8 Å². The van der Waals surface area contributed by atoms with Crippen LogP contribution in [0, 0.1) is 0 Å². The topological polar surface area (TPSA) is 51.2 Å². The number of nitrogens with zero attached hydrogens (tertiary/aromatic N) is 1. The molecule has 110 valence electrons. The lowest BCUT2D eigenvalue weighted by molar-refractivity contribution is 0.102. The zero-order valence-electron chi connectivity index (χ0n) is 11.9. The van der Waals surface area contributed by atoms with E-state index < -0.39 is 0 Å². The molecule has 0 aliphatic rings. The fourth-order valence-electron chi connectivity index (χ4n) is 2.07. The summed E-state index contributed by atoms with van der Waals surface area (Å²) in [7, 11) is 1.61. The number of thiazole rings is 1. The second-order valence-electron chi connectivity index (χ2n) is 4.58. The SMILES string of the molecule is COc1ccc(NC(=O)c2ncsc2-c2ccccc2)cc1. The van der Waals surface area contributed by atoms with E-state index in [2.05, 4.69) is 10.3 Å². The summed E-state index contributed by atoms with van der Waals surface area (Å²) in [6, 6.07) is 17.0. The Bertz CT molecular complexity index is 767. The summed E-state index contributed by atoms with van der Waals surface area (Å²) >= 11 is 1.46. The van der Waals surface area contributed by atoms with E-state index in [1.54, 1.807) is 36.9 Å². The van der Waals surface area contributed by atoms with Gasteiger partial charge in [0.25, 0.3) is 5.91 Å². The fourth-order valence-corrected chi connectivity index (χ4v) is 2.86. The van der Waals surface area contributed by atoms with Crippen molar-refractivity contribution in [1.82, 2.24) is 4.98 Å². The summed E-state index contributed by atoms with van der Waals surface area (Å²) in [5.74, 6) is 0.530. The number of aromatic nitrogens is 1. The van der Waals surface area contributed by atoms with Gasteiger partial charge in [-0.2, -0.15) is 0 Å². The zero-order valence-corrected chi connectivity index (χ0v) is 12.8. The van der Waals surface area contributed by atoms with Crippen molar-refractivity contribution in [2.75, 3.05) is 12.4 Å². The smallest absolute Gasteiger partial charge is 0.275 e. The molecular weight excluding hydrogens is 296 g/mol. The van der Waals surface area contributed by atoms with Crippen LogP contribution in [0.25, 0.3) is 10.4 Å². The summed E-state index contributed by atoms with van der Waals surface area (Å²) in [4.78, 5) is 17.5. The first kappa shape index (κ1) is 14.3. The summed E-state index contributed by atoms with van der Waals surface area (Å²) in [5, 5.41) is 2.86. The lowest BCUT2D eigenvalue weighted by atomic mass is 10.1. The summed E-state index contributed by atoms with van der Waals surface area (Å²) < 4.78 is 5.10. The predicted octanol–water partition coefficient (Wildman–Crippen LogP) is 4.07. The first-order chi connectivity index (χ1) is 10.8. The van der Waals surface area contributed by atoms with Gasteiger partial charge in [-0.05, 0) is 29.8 Å². The molecule has 2 aromatic carbocycles. The Morgan fingerprint density at radius 3 is 2.50 bits per heavy atom. The largest absolute Gasteiger partial charge is 0.497 e. The van der Waals surface area contributed by atoms with E-state index in [0.717, 1.165) is 16.2 Å². The van der Waals surface area contributed by atoms with Crippen LogP contribution >= 0.6 is 11.3 Å². The van der Waals surface area contributed by atoms with E-state index in [-0.39, 0.29) is 5.91 Å². The van der Waals surface area contributed by atoms with E-state index in [1.807, 2.05) is 30.3 Å². The minimum absolute atomic E-state index is 0.217. The molecule has 0 unspecified atom stereocenters. The average Bonchev–Trinajstić information content (AvgIpc) is 3.06. The van der Waals surface area contributed by atoms with Crippen molar-refractivity contribution in [3.8, 4) is 16.2 Å². The van der Waals surface area contributed by atoms with E-state index >= 15 is 0 Å². The molecular formula is C17H14N2O2S. The molecule has 3 aromatic rings. The van der Waals surface area contributed by atoms with Crippen molar-refractivity contribution >= 4 is 22.9 Å². The minimum atomic E-state index is -0.217. The van der Waals surface area contributed by atoms with Crippen LogP contribution in [-0.4, -0.2) is 18.0 Å². The molecule has 0 saturated carbocycles. The quantitative estimate of drug-likeness (QED) is 0.790. The van der Waals surface area contributed by atoms with Crippen LogP contribution in [-0.2, 0) is 0 Å². The highest BCUT2D eigenvalue weighted by Gasteiger charge is 2.16. The number of nitrogens with one attached hydrogen (secondary N) is 1. The molecule has 0 spiro atoms. The van der Waals surface area contributed by atoms with Crippen LogP contribution in [0.3, 0.4) is 0 Å². The van der Waals surface area contributed by atoms with Gasteiger partial charge in [0, 0.05) is 5.69 Å². The van der Waals surface area contributed by atoms with Gasteiger partial charge in [0.2, 0.25) is 0 Å². The normalized spacial score (nSPS) is 10.2. The number of amides is 1. The van der Waals surface area contributed by atoms with Crippen molar-refractivity contribution < 1.29 is 9.53 Å². The molecule has 0 atom stereocenters. The van der Waals surface area contributed by atoms with E-state index in [9.17, 15) is 4.79 Å². The molecule has 1 amide bonds. The fraction of sp³-hybridized carbons (Fsp3) is 0.0588. The number of benzene rings is 2. The van der Waals surface area contributed by atoms with Gasteiger partial charge in [-0.3, -0.25) is 4.79 Å². The Morgan fingerprint density at radius 2 is 1.82 bits per heavy atom. The van der Waals surface area contributed by atoms with Gasteiger partial charge in [-0.1, -0.05) is 30.3 Å². The molecule has 3 rings (SSSR count). The minimum Gasteiger partial charge on any atom is -0.497 e. The maximum Gasteiger partial charge on any atom is 0.275 e. The zero-order chi connectivity index (χ0) is 15.4. The molecule has 22 heavy (non-hydrogen) atoms. The number of anilines is 1. The first-order valence-electron chi connectivity index (χ1n) is 6.72. The third-order valence-corrected chi connectivity index (χ3v) is 4.04. The van der Waals surface area contributed by atoms with Crippen molar-refractivity contribution in [2.24, 2.45) is 0 Å². The van der Waals surface area contributed by atoms with Crippen LogP contribution < -0.4 is 10.1 Å². The van der Waals surface area contributed by atoms with Gasteiger partial charge in [-0.25, -0.2) is 4.98 Å². The van der Waals surface area contributed by atoms with Gasteiger partial charge in [-0.15, -0.1) is 11.3 Å². The third-order valence-electron chi connectivity index (χ3n) is 3.17. The van der Waals surface area contributed by atoms with Gasteiger partial charge in [0.05, 0.1) is 17.5 Å². The molecule has 4 nitrogen and oxygen atoms in total. The Morgan fingerprint density at radius 1 is 1.09 bits per heavy atom. The predicted molar refractivity (Wildman–Crippen MR) is 88.5 cm³/mol. The van der Waals surface area contributed by atoms with Gasteiger partial charge >= 0.3 is 0 Å². The van der Waals surface area contributed by atoms with Gasteiger partial charge in [0.1, 0.15) is 11.4 Å². The lowest BCUT2D eigenvalue weighted by Crippen LogP contribution is -2.13. The molecule has 0 saturated heterocycles. The highest BCUT2D eigenvalue weighted by molar-refractivity contribution is 7.13. The molecule has 0 fully saturated rings.